The Morgan fingerprint density at radius 1 is 1.14 bits per heavy atom. The molecule has 0 aliphatic heterocycles. The van der Waals surface area contributed by atoms with Gasteiger partial charge in [-0.15, -0.1) is 0 Å². The standard InChI is InChI=1S/C22H23N3O3/c1-4-28-19-8-6-5-7-17(19)14-25(3)22(27)18-13-23-20(24-21(18)26)16-11-9-15(2)10-12-16/h5-13H,4,14H2,1-3H3,(H,23,24,26). The Morgan fingerprint density at radius 2 is 1.86 bits per heavy atom. The average Bonchev–Trinajstić information content (AvgIpc) is 2.69. The summed E-state index contributed by atoms with van der Waals surface area (Å²) in [6, 6.07) is 15.2. The van der Waals surface area contributed by atoms with Crippen LogP contribution in [0.3, 0.4) is 0 Å². The van der Waals surface area contributed by atoms with Gasteiger partial charge in [-0.05, 0) is 19.9 Å². The van der Waals surface area contributed by atoms with Gasteiger partial charge in [-0.25, -0.2) is 4.98 Å². The lowest BCUT2D eigenvalue weighted by Gasteiger charge is -2.19. The van der Waals surface area contributed by atoms with E-state index in [2.05, 4.69) is 9.97 Å². The maximum Gasteiger partial charge on any atom is 0.264 e. The minimum absolute atomic E-state index is 0.00672. The van der Waals surface area contributed by atoms with Gasteiger partial charge in [-0.2, -0.15) is 0 Å². The number of carbonyl (C=O) groups excluding carboxylic acids is 1. The summed E-state index contributed by atoms with van der Waals surface area (Å²) in [7, 11) is 1.65. The number of aromatic nitrogens is 2. The normalized spacial score (nSPS) is 10.5. The van der Waals surface area contributed by atoms with Crippen molar-refractivity contribution in [2.75, 3.05) is 13.7 Å². The van der Waals surface area contributed by atoms with Crippen LogP contribution in [0.5, 0.6) is 5.75 Å². The number of rotatable bonds is 6. The average molecular weight is 377 g/mol. The number of benzene rings is 2. The molecule has 0 aliphatic carbocycles. The Morgan fingerprint density at radius 3 is 2.54 bits per heavy atom. The molecule has 3 rings (SSSR count). The molecule has 0 atom stereocenters. The van der Waals surface area contributed by atoms with Crippen LogP contribution in [0.2, 0.25) is 0 Å². The maximum absolute atomic E-state index is 12.8. The van der Waals surface area contributed by atoms with Crippen molar-refractivity contribution in [3.05, 3.63) is 81.8 Å². The van der Waals surface area contributed by atoms with Crippen LogP contribution in [-0.2, 0) is 6.54 Å². The molecule has 1 amide bonds. The molecule has 0 bridgehead atoms. The zero-order valence-corrected chi connectivity index (χ0v) is 16.2. The number of amides is 1. The summed E-state index contributed by atoms with van der Waals surface area (Å²) < 4.78 is 5.60. The van der Waals surface area contributed by atoms with Gasteiger partial charge in [0.2, 0.25) is 0 Å². The Hall–Kier alpha value is -3.41. The number of ether oxygens (including phenoxy) is 1. The minimum Gasteiger partial charge on any atom is -0.494 e. The predicted octanol–water partition coefficient (Wildman–Crippen LogP) is 3.42. The molecular weight excluding hydrogens is 354 g/mol. The number of nitrogens with one attached hydrogen (secondary N) is 1. The monoisotopic (exact) mass is 377 g/mol. The number of aromatic amines is 1. The highest BCUT2D eigenvalue weighted by atomic mass is 16.5. The summed E-state index contributed by atoms with van der Waals surface area (Å²) in [5, 5.41) is 0. The number of hydrogen-bond donors (Lipinski definition) is 1. The quantitative estimate of drug-likeness (QED) is 0.714. The Balaban J connectivity index is 1.80. The van der Waals surface area contributed by atoms with Gasteiger partial charge < -0.3 is 14.6 Å². The lowest BCUT2D eigenvalue weighted by Crippen LogP contribution is -2.32. The second-order valence-electron chi connectivity index (χ2n) is 6.54. The summed E-state index contributed by atoms with van der Waals surface area (Å²) >= 11 is 0. The van der Waals surface area contributed by atoms with Crippen LogP contribution < -0.4 is 10.3 Å². The van der Waals surface area contributed by atoms with E-state index in [1.165, 1.54) is 11.1 Å². The van der Waals surface area contributed by atoms with Crippen molar-refractivity contribution in [1.29, 1.82) is 0 Å². The molecule has 0 fully saturated rings. The number of carbonyl (C=O) groups is 1. The van der Waals surface area contributed by atoms with E-state index in [0.717, 1.165) is 22.4 Å². The zero-order valence-electron chi connectivity index (χ0n) is 16.2. The third-order valence-electron chi connectivity index (χ3n) is 4.38. The molecular formula is C22H23N3O3. The largest absolute Gasteiger partial charge is 0.494 e. The Labute approximate surface area is 163 Å². The van der Waals surface area contributed by atoms with E-state index in [1.54, 1.807) is 7.05 Å². The molecule has 28 heavy (non-hydrogen) atoms. The molecule has 0 unspecified atom stereocenters. The molecule has 0 spiro atoms. The first-order valence-electron chi connectivity index (χ1n) is 9.12. The lowest BCUT2D eigenvalue weighted by molar-refractivity contribution is 0.0782. The highest BCUT2D eigenvalue weighted by Gasteiger charge is 2.18. The van der Waals surface area contributed by atoms with Crippen LogP contribution in [0.15, 0.2) is 59.5 Å². The number of aryl methyl sites for hydroxylation is 1. The fourth-order valence-corrected chi connectivity index (χ4v) is 2.87. The van der Waals surface area contributed by atoms with E-state index in [0.29, 0.717) is 19.0 Å². The second kappa shape index (κ2) is 8.52. The fraction of sp³-hybridized carbons (Fsp3) is 0.227. The minimum atomic E-state index is -0.458. The summed E-state index contributed by atoms with van der Waals surface area (Å²) in [5.74, 6) is 0.771. The van der Waals surface area contributed by atoms with Gasteiger partial charge in [-0.3, -0.25) is 9.59 Å². The lowest BCUT2D eigenvalue weighted by atomic mass is 10.1. The first-order valence-corrected chi connectivity index (χ1v) is 9.12. The van der Waals surface area contributed by atoms with Crippen LogP contribution >= 0.6 is 0 Å². The molecule has 0 saturated carbocycles. The molecule has 0 aliphatic rings. The number of para-hydroxylation sites is 1. The van der Waals surface area contributed by atoms with Crippen molar-refractivity contribution in [3.63, 3.8) is 0 Å². The molecule has 6 heteroatoms. The zero-order chi connectivity index (χ0) is 20.1. The summed E-state index contributed by atoms with van der Waals surface area (Å²) in [6.45, 7) is 4.76. The third-order valence-corrected chi connectivity index (χ3v) is 4.38. The number of H-pyrrole nitrogens is 1. The molecule has 1 aromatic heterocycles. The van der Waals surface area contributed by atoms with E-state index >= 15 is 0 Å². The smallest absolute Gasteiger partial charge is 0.264 e. The van der Waals surface area contributed by atoms with Crippen molar-refractivity contribution in [1.82, 2.24) is 14.9 Å². The van der Waals surface area contributed by atoms with Crippen LogP contribution in [0.4, 0.5) is 0 Å². The van der Waals surface area contributed by atoms with Crippen molar-refractivity contribution in [3.8, 4) is 17.1 Å². The van der Waals surface area contributed by atoms with E-state index in [9.17, 15) is 9.59 Å². The summed E-state index contributed by atoms with van der Waals surface area (Å²) in [6.07, 6.45) is 1.33. The van der Waals surface area contributed by atoms with Crippen molar-refractivity contribution >= 4 is 5.91 Å². The van der Waals surface area contributed by atoms with Crippen molar-refractivity contribution < 1.29 is 9.53 Å². The van der Waals surface area contributed by atoms with Crippen LogP contribution in [0.1, 0.15) is 28.4 Å². The van der Waals surface area contributed by atoms with E-state index in [-0.39, 0.29) is 5.56 Å². The molecule has 0 saturated heterocycles. The van der Waals surface area contributed by atoms with Crippen LogP contribution in [0.25, 0.3) is 11.4 Å². The molecule has 1 heterocycles. The number of nitrogens with zero attached hydrogens (tertiary/aromatic N) is 2. The van der Waals surface area contributed by atoms with Crippen LogP contribution in [0, 0.1) is 6.92 Å². The summed E-state index contributed by atoms with van der Waals surface area (Å²) in [5.41, 5.74) is 2.33. The molecule has 0 radical (unpaired) electrons. The molecule has 2 aromatic carbocycles. The van der Waals surface area contributed by atoms with E-state index in [1.807, 2.05) is 62.4 Å². The Kier molecular flexibility index (Phi) is 5.89. The van der Waals surface area contributed by atoms with Crippen molar-refractivity contribution in [2.45, 2.75) is 20.4 Å². The summed E-state index contributed by atoms with van der Waals surface area (Å²) in [4.78, 5) is 33.7. The van der Waals surface area contributed by atoms with Gasteiger partial charge >= 0.3 is 0 Å². The molecule has 1 N–H and O–H groups in total. The maximum atomic E-state index is 12.8. The highest BCUT2D eigenvalue weighted by molar-refractivity contribution is 5.93. The highest BCUT2D eigenvalue weighted by Crippen LogP contribution is 2.20. The van der Waals surface area contributed by atoms with Gasteiger partial charge in [0.25, 0.3) is 11.5 Å². The molecule has 3 aromatic rings. The predicted molar refractivity (Wildman–Crippen MR) is 108 cm³/mol. The number of hydrogen-bond acceptors (Lipinski definition) is 4. The van der Waals surface area contributed by atoms with Gasteiger partial charge in [0, 0.05) is 30.9 Å². The second-order valence-corrected chi connectivity index (χ2v) is 6.54. The fourth-order valence-electron chi connectivity index (χ4n) is 2.87. The topological polar surface area (TPSA) is 75.3 Å². The SMILES string of the molecule is CCOc1ccccc1CN(C)C(=O)c1cnc(-c2ccc(C)cc2)[nH]c1=O. The first-order chi connectivity index (χ1) is 13.5. The van der Waals surface area contributed by atoms with Gasteiger partial charge in [-0.1, -0.05) is 48.0 Å². The van der Waals surface area contributed by atoms with Gasteiger partial charge in [0.05, 0.1) is 6.61 Å². The third kappa shape index (κ3) is 4.28. The molecule has 144 valence electrons. The van der Waals surface area contributed by atoms with E-state index < -0.39 is 11.5 Å². The molecule has 6 nitrogen and oxygen atoms in total. The first kappa shape index (κ1) is 19.4. The van der Waals surface area contributed by atoms with Gasteiger partial charge in [0.1, 0.15) is 17.1 Å². The Bertz CT molecular complexity index is 1030. The van der Waals surface area contributed by atoms with Crippen LogP contribution in [-0.4, -0.2) is 34.4 Å². The van der Waals surface area contributed by atoms with Gasteiger partial charge in [0.15, 0.2) is 0 Å². The van der Waals surface area contributed by atoms with E-state index in [4.69, 9.17) is 4.74 Å². The van der Waals surface area contributed by atoms with Crippen molar-refractivity contribution in [2.24, 2.45) is 0 Å².